The minimum atomic E-state index is -0.125. The van der Waals surface area contributed by atoms with E-state index in [9.17, 15) is 4.79 Å². The molecule has 2 rings (SSSR count). The van der Waals surface area contributed by atoms with Crippen LogP contribution in [0.5, 0.6) is 0 Å². The van der Waals surface area contributed by atoms with E-state index >= 15 is 0 Å². The number of thiazole rings is 1. The second-order valence-corrected chi connectivity index (χ2v) is 6.14. The number of halogens is 1. The Morgan fingerprint density at radius 3 is 2.83 bits per heavy atom. The number of rotatable bonds is 7. The molecule has 0 atom stereocenters. The largest absolute Gasteiger partial charge is 0.467 e. The van der Waals surface area contributed by atoms with Gasteiger partial charge in [-0.1, -0.05) is 0 Å². The van der Waals surface area contributed by atoms with E-state index in [0.29, 0.717) is 19.0 Å². The molecule has 0 fully saturated rings. The fourth-order valence-electron chi connectivity index (χ4n) is 1.85. The Morgan fingerprint density at radius 2 is 2.21 bits per heavy atom. The summed E-state index contributed by atoms with van der Waals surface area (Å²) in [5.74, 6) is 1.19. The molecule has 9 heteroatoms. The molecule has 0 bridgehead atoms. The molecule has 0 aliphatic heterocycles. The van der Waals surface area contributed by atoms with Crippen molar-refractivity contribution < 1.29 is 9.21 Å². The Labute approximate surface area is 162 Å². The van der Waals surface area contributed by atoms with Gasteiger partial charge in [-0.3, -0.25) is 9.79 Å². The normalized spacial score (nSPS) is 10.8. The van der Waals surface area contributed by atoms with Crippen LogP contribution in [0.2, 0.25) is 0 Å². The van der Waals surface area contributed by atoms with Gasteiger partial charge >= 0.3 is 0 Å². The molecule has 132 valence electrons. The molecule has 0 radical (unpaired) electrons. The van der Waals surface area contributed by atoms with Crippen LogP contribution >= 0.6 is 35.3 Å². The molecule has 0 saturated heterocycles. The SMILES string of the molecule is CN=C(NCCc1ncc(C)s1)NCC(=O)NCc1ccco1.I. The summed E-state index contributed by atoms with van der Waals surface area (Å²) < 4.78 is 5.15. The standard InChI is InChI=1S/C15H21N5O2S.HI/c1-11-8-19-14(23-11)5-6-17-15(16-2)20-10-13(21)18-9-12-4-3-7-22-12;/h3-4,7-8H,5-6,9-10H2,1-2H3,(H,18,21)(H2,16,17,20);1H. The fraction of sp³-hybridized carbons (Fsp3) is 0.400. The van der Waals surface area contributed by atoms with Crippen molar-refractivity contribution in [3.8, 4) is 0 Å². The second-order valence-electron chi connectivity index (χ2n) is 4.82. The van der Waals surface area contributed by atoms with Crippen LogP contribution in [0.1, 0.15) is 15.6 Å². The number of aromatic nitrogens is 1. The van der Waals surface area contributed by atoms with Crippen LogP contribution in [0.25, 0.3) is 0 Å². The molecule has 2 aromatic heterocycles. The number of guanidine groups is 1. The van der Waals surface area contributed by atoms with Gasteiger partial charge in [-0.05, 0) is 19.1 Å². The highest BCUT2D eigenvalue weighted by Crippen LogP contribution is 2.10. The molecular weight excluding hydrogens is 441 g/mol. The first-order chi connectivity index (χ1) is 11.2. The quantitative estimate of drug-likeness (QED) is 0.330. The van der Waals surface area contributed by atoms with Gasteiger partial charge in [-0.25, -0.2) is 4.98 Å². The van der Waals surface area contributed by atoms with E-state index in [1.165, 1.54) is 4.88 Å². The summed E-state index contributed by atoms with van der Waals surface area (Å²) in [4.78, 5) is 21.3. The molecule has 0 spiro atoms. The molecule has 2 heterocycles. The van der Waals surface area contributed by atoms with E-state index in [-0.39, 0.29) is 36.4 Å². The van der Waals surface area contributed by atoms with Crippen molar-refractivity contribution in [1.29, 1.82) is 0 Å². The first-order valence-corrected chi connectivity index (χ1v) is 8.14. The Balaban J connectivity index is 0.00000288. The van der Waals surface area contributed by atoms with Gasteiger partial charge < -0.3 is 20.4 Å². The lowest BCUT2D eigenvalue weighted by atomic mass is 10.4. The van der Waals surface area contributed by atoms with Gasteiger partial charge in [-0.2, -0.15) is 0 Å². The van der Waals surface area contributed by atoms with Gasteiger partial charge in [0.1, 0.15) is 5.76 Å². The topological polar surface area (TPSA) is 91.5 Å². The number of hydrogen-bond acceptors (Lipinski definition) is 5. The average Bonchev–Trinajstić information content (AvgIpc) is 3.20. The maximum Gasteiger partial charge on any atom is 0.239 e. The van der Waals surface area contributed by atoms with Gasteiger partial charge in [0.05, 0.1) is 24.4 Å². The maximum absolute atomic E-state index is 11.8. The minimum absolute atomic E-state index is 0. The van der Waals surface area contributed by atoms with Crippen LogP contribution in [-0.4, -0.2) is 37.0 Å². The number of nitrogens with zero attached hydrogens (tertiary/aromatic N) is 2. The summed E-state index contributed by atoms with van der Waals surface area (Å²) in [6, 6.07) is 3.60. The third kappa shape index (κ3) is 7.30. The monoisotopic (exact) mass is 463 g/mol. The smallest absolute Gasteiger partial charge is 0.239 e. The van der Waals surface area contributed by atoms with Gasteiger partial charge in [0.25, 0.3) is 0 Å². The first-order valence-electron chi connectivity index (χ1n) is 7.32. The summed E-state index contributed by atoms with van der Waals surface area (Å²) in [5, 5.41) is 9.98. The molecule has 1 amide bonds. The van der Waals surface area contributed by atoms with Crippen molar-refractivity contribution in [2.45, 2.75) is 19.9 Å². The first kappa shape index (κ1) is 20.4. The zero-order chi connectivity index (χ0) is 16.5. The Hall–Kier alpha value is -1.62. The molecule has 0 saturated carbocycles. The average molecular weight is 463 g/mol. The summed E-state index contributed by atoms with van der Waals surface area (Å²) in [5.41, 5.74) is 0. The van der Waals surface area contributed by atoms with E-state index in [1.807, 2.05) is 19.2 Å². The summed E-state index contributed by atoms with van der Waals surface area (Å²) >= 11 is 1.69. The zero-order valence-corrected chi connectivity index (χ0v) is 16.8. The van der Waals surface area contributed by atoms with Crippen LogP contribution in [0.3, 0.4) is 0 Å². The molecule has 3 N–H and O–H groups in total. The lowest BCUT2D eigenvalue weighted by Gasteiger charge is -2.11. The van der Waals surface area contributed by atoms with E-state index in [2.05, 4.69) is 25.9 Å². The number of hydrogen-bond donors (Lipinski definition) is 3. The third-order valence-corrected chi connectivity index (χ3v) is 3.95. The highest BCUT2D eigenvalue weighted by Gasteiger charge is 2.05. The minimum Gasteiger partial charge on any atom is -0.467 e. The van der Waals surface area contributed by atoms with E-state index < -0.39 is 0 Å². The summed E-state index contributed by atoms with van der Waals surface area (Å²) in [6.45, 7) is 3.27. The van der Waals surface area contributed by atoms with Crippen LogP contribution in [0.4, 0.5) is 0 Å². The Bertz CT molecular complexity index is 642. The molecule has 0 unspecified atom stereocenters. The van der Waals surface area contributed by atoms with Gasteiger partial charge in [0.2, 0.25) is 5.91 Å². The van der Waals surface area contributed by atoms with Crippen molar-refractivity contribution >= 4 is 47.2 Å². The number of aryl methyl sites for hydroxylation is 1. The second kappa shape index (κ2) is 11.0. The number of furan rings is 1. The predicted molar refractivity (Wildman–Crippen MR) is 106 cm³/mol. The molecule has 7 nitrogen and oxygen atoms in total. The van der Waals surface area contributed by atoms with Crippen molar-refractivity contribution in [2.24, 2.45) is 4.99 Å². The highest BCUT2D eigenvalue weighted by molar-refractivity contribution is 14.0. The van der Waals surface area contributed by atoms with Crippen molar-refractivity contribution in [2.75, 3.05) is 20.1 Å². The lowest BCUT2D eigenvalue weighted by molar-refractivity contribution is -0.120. The number of nitrogens with one attached hydrogen (secondary N) is 3. The van der Waals surface area contributed by atoms with Crippen LogP contribution in [0, 0.1) is 6.92 Å². The predicted octanol–water partition coefficient (Wildman–Crippen LogP) is 1.69. The molecule has 0 aliphatic carbocycles. The van der Waals surface area contributed by atoms with Crippen LogP contribution in [-0.2, 0) is 17.8 Å². The number of carbonyl (C=O) groups is 1. The number of aliphatic imine (C=N–C) groups is 1. The van der Waals surface area contributed by atoms with Gasteiger partial charge in [0.15, 0.2) is 5.96 Å². The molecule has 0 aliphatic rings. The van der Waals surface area contributed by atoms with Crippen molar-refractivity contribution in [3.05, 3.63) is 40.2 Å². The van der Waals surface area contributed by atoms with Crippen LogP contribution in [0.15, 0.2) is 34.0 Å². The fourth-order valence-corrected chi connectivity index (χ4v) is 2.64. The summed E-state index contributed by atoms with van der Waals surface area (Å²) in [7, 11) is 1.67. The van der Waals surface area contributed by atoms with E-state index in [4.69, 9.17) is 4.42 Å². The van der Waals surface area contributed by atoms with Crippen LogP contribution < -0.4 is 16.0 Å². The zero-order valence-electron chi connectivity index (χ0n) is 13.7. The van der Waals surface area contributed by atoms with Gasteiger partial charge in [-0.15, -0.1) is 35.3 Å². The maximum atomic E-state index is 11.8. The highest BCUT2D eigenvalue weighted by atomic mass is 127. The Kier molecular flexibility index (Phi) is 9.38. The molecule has 2 aromatic rings. The molecular formula is C15H22IN5O2S. The van der Waals surface area contributed by atoms with Crippen molar-refractivity contribution in [1.82, 2.24) is 20.9 Å². The number of amides is 1. The van der Waals surface area contributed by atoms with Gasteiger partial charge in [0, 0.05) is 31.1 Å². The third-order valence-electron chi connectivity index (χ3n) is 2.98. The Morgan fingerprint density at radius 1 is 1.38 bits per heavy atom. The lowest BCUT2D eigenvalue weighted by Crippen LogP contribution is -2.43. The van der Waals surface area contributed by atoms with Crippen molar-refractivity contribution in [3.63, 3.8) is 0 Å². The summed E-state index contributed by atoms with van der Waals surface area (Å²) in [6.07, 6.45) is 4.27. The van der Waals surface area contributed by atoms with E-state index in [0.717, 1.165) is 17.2 Å². The van der Waals surface area contributed by atoms with E-state index in [1.54, 1.807) is 30.7 Å². The molecule has 24 heavy (non-hydrogen) atoms. The number of carbonyl (C=O) groups excluding carboxylic acids is 1. The molecule has 0 aromatic carbocycles.